The molecule has 1 aliphatic carbocycles. The molecule has 1 unspecified atom stereocenters. The SMILES string of the molecule is CCNC(=NCCC(OCC)C1CCCC1)NCCNS(C)(=O)=O. The van der Waals surface area contributed by atoms with Crippen molar-refractivity contribution < 1.29 is 13.2 Å². The van der Waals surface area contributed by atoms with E-state index in [4.69, 9.17) is 4.74 Å². The van der Waals surface area contributed by atoms with E-state index in [2.05, 4.69) is 20.3 Å². The number of sulfonamides is 1. The highest BCUT2D eigenvalue weighted by atomic mass is 32.2. The zero-order valence-electron chi connectivity index (χ0n) is 15.3. The van der Waals surface area contributed by atoms with Gasteiger partial charge in [-0.2, -0.15) is 0 Å². The molecule has 0 aromatic rings. The molecule has 0 aliphatic heterocycles. The maximum atomic E-state index is 11.0. The van der Waals surface area contributed by atoms with Crippen LogP contribution >= 0.6 is 0 Å². The van der Waals surface area contributed by atoms with Crippen molar-refractivity contribution in [2.24, 2.45) is 10.9 Å². The van der Waals surface area contributed by atoms with Crippen LogP contribution in [0.1, 0.15) is 46.0 Å². The van der Waals surface area contributed by atoms with Gasteiger partial charge < -0.3 is 15.4 Å². The van der Waals surface area contributed by atoms with Gasteiger partial charge in [0.25, 0.3) is 0 Å². The fourth-order valence-corrected chi connectivity index (χ4v) is 3.53. The molecule has 0 spiro atoms. The average molecular weight is 363 g/mol. The Morgan fingerprint density at radius 1 is 1.21 bits per heavy atom. The predicted octanol–water partition coefficient (Wildman–Crippen LogP) is 1.08. The van der Waals surface area contributed by atoms with Crippen LogP contribution in [0.4, 0.5) is 0 Å². The van der Waals surface area contributed by atoms with Gasteiger partial charge in [0.2, 0.25) is 10.0 Å². The van der Waals surface area contributed by atoms with Gasteiger partial charge in [0.1, 0.15) is 0 Å². The summed E-state index contributed by atoms with van der Waals surface area (Å²) in [6.45, 7) is 7.11. The molecule has 1 rings (SSSR count). The van der Waals surface area contributed by atoms with Gasteiger partial charge in [-0.3, -0.25) is 4.99 Å². The molecular formula is C16H34N4O3S. The van der Waals surface area contributed by atoms with Gasteiger partial charge in [-0.25, -0.2) is 13.1 Å². The molecule has 1 atom stereocenters. The molecule has 0 heterocycles. The Hall–Kier alpha value is -0.860. The molecule has 0 aromatic carbocycles. The van der Waals surface area contributed by atoms with E-state index < -0.39 is 10.0 Å². The molecule has 0 radical (unpaired) electrons. The summed E-state index contributed by atoms with van der Waals surface area (Å²) in [5.41, 5.74) is 0. The first kappa shape index (κ1) is 21.2. The molecule has 7 nitrogen and oxygen atoms in total. The Kier molecular flexibility index (Phi) is 10.3. The van der Waals surface area contributed by atoms with Crippen LogP contribution in [-0.4, -0.2) is 59.5 Å². The second-order valence-corrected chi connectivity index (χ2v) is 8.01. The van der Waals surface area contributed by atoms with Crippen molar-refractivity contribution in [1.29, 1.82) is 0 Å². The highest BCUT2D eigenvalue weighted by molar-refractivity contribution is 7.88. The molecule has 24 heavy (non-hydrogen) atoms. The lowest BCUT2D eigenvalue weighted by atomic mass is 9.98. The molecule has 0 amide bonds. The third-order valence-electron chi connectivity index (χ3n) is 4.12. The largest absolute Gasteiger partial charge is 0.378 e. The van der Waals surface area contributed by atoms with Gasteiger partial charge in [-0.15, -0.1) is 0 Å². The number of ether oxygens (including phenoxy) is 1. The van der Waals surface area contributed by atoms with Crippen molar-refractivity contribution in [2.75, 3.05) is 39.0 Å². The number of hydrogen-bond acceptors (Lipinski definition) is 4. The van der Waals surface area contributed by atoms with E-state index in [1.165, 1.54) is 25.7 Å². The van der Waals surface area contributed by atoms with E-state index in [0.29, 0.717) is 31.7 Å². The molecule has 142 valence electrons. The molecule has 0 aromatic heterocycles. The van der Waals surface area contributed by atoms with Crippen LogP contribution in [0.15, 0.2) is 4.99 Å². The number of guanidine groups is 1. The zero-order chi connectivity index (χ0) is 17.8. The van der Waals surface area contributed by atoms with Crippen molar-refractivity contribution in [1.82, 2.24) is 15.4 Å². The number of nitrogens with one attached hydrogen (secondary N) is 3. The van der Waals surface area contributed by atoms with Gasteiger partial charge in [0.15, 0.2) is 5.96 Å². The van der Waals surface area contributed by atoms with Crippen LogP contribution in [0.3, 0.4) is 0 Å². The fraction of sp³-hybridized carbons (Fsp3) is 0.938. The summed E-state index contributed by atoms with van der Waals surface area (Å²) >= 11 is 0. The lowest BCUT2D eigenvalue weighted by Gasteiger charge is -2.22. The number of nitrogens with zero attached hydrogens (tertiary/aromatic N) is 1. The molecule has 3 N–H and O–H groups in total. The summed E-state index contributed by atoms with van der Waals surface area (Å²) in [6, 6.07) is 0. The van der Waals surface area contributed by atoms with Crippen molar-refractivity contribution in [2.45, 2.75) is 52.1 Å². The molecule has 0 bridgehead atoms. The van der Waals surface area contributed by atoms with E-state index >= 15 is 0 Å². The van der Waals surface area contributed by atoms with Crippen molar-refractivity contribution >= 4 is 16.0 Å². The summed E-state index contributed by atoms with van der Waals surface area (Å²) in [7, 11) is -3.15. The minimum Gasteiger partial charge on any atom is -0.378 e. The standard InChI is InChI=1S/C16H34N4O3S/c1-4-17-16(19-12-13-20-24(3,21)22)18-11-10-15(23-5-2)14-8-6-7-9-14/h14-15,20H,4-13H2,1-3H3,(H2,17,18,19). The van der Waals surface area contributed by atoms with E-state index in [9.17, 15) is 8.42 Å². The monoisotopic (exact) mass is 362 g/mol. The quantitative estimate of drug-likeness (QED) is 0.291. The Labute approximate surface area is 147 Å². The summed E-state index contributed by atoms with van der Waals surface area (Å²) in [5, 5.41) is 6.32. The lowest BCUT2D eigenvalue weighted by molar-refractivity contribution is 0.0177. The maximum absolute atomic E-state index is 11.0. The Balaban J connectivity index is 2.39. The molecular weight excluding hydrogens is 328 g/mol. The van der Waals surface area contributed by atoms with Gasteiger partial charge in [0, 0.05) is 32.8 Å². The Bertz CT molecular complexity index is 462. The highest BCUT2D eigenvalue weighted by Crippen LogP contribution is 2.30. The molecule has 1 saturated carbocycles. The Morgan fingerprint density at radius 3 is 2.50 bits per heavy atom. The van der Waals surface area contributed by atoms with Crippen molar-refractivity contribution in [3.05, 3.63) is 0 Å². The van der Waals surface area contributed by atoms with E-state index in [1.807, 2.05) is 13.8 Å². The van der Waals surface area contributed by atoms with Crippen molar-refractivity contribution in [3.8, 4) is 0 Å². The first-order valence-electron chi connectivity index (χ1n) is 9.04. The van der Waals surface area contributed by atoms with Crippen LogP contribution < -0.4 is 15.4 Å². The molecule has 0 saturated heterocycles. The number of rotatable bonds is 11. The minimum absolute atomic E-state index is 0.302. The first-order chi connectivity index (χ1) is 11.5. The van der Waals surface area contributed by atoms with Crippen LogP contribution in [0, 0.1) is 5.92 Å². The summed E-state index contributed by atoms with van der Waals surface area (Å²) < 4.78 is 30.4. The van der Waals surface area contributed by atoms with Gasteiger partial charge in [-0.1, -0.05) is 12.8 Å². The third kappa shape index (κ3) is 9.44. The number of aliphatic imine (C=N–C) groups is 1. The van der Waals surface area contributed by atoms with Crippen molar-refractivity contribution in [3.63, 3.8) is 0 Å². The number of hydrogen-bond donors (Lipinski definition) is 3. The smallest absolute Gasteiger partial charge is 0.208 e. The van der Waals surface area contributed by atoms with E-state index in [0.717, 1.165) is 31.8 Å². The summed E-state index contributed by atoms with van der Waals surface area (Å²) in [6.07, 6.45) is 7.55. The van der Waals surface area contributed by atoms with E-state index in [1.54, 1.807) is 0 Å². The molecule has 1 fully saturated rings. The van der Waals surface area contributed by atoms with Gasteiger partial charge >= 0.3 is 0 Å². The third-order valence-corrected chi connectivity index (χ3v) is 4.84. The van der Waals surface area contributed by atoms with Crippen LogP contribution in [-0.2, 0) is 14.8 Å². The first-order valence-corrected chi connectivity index (χ1v) is 10.9. The van der Waals surface area contributed by atoms with Crippen LogP contribution in [0.2, 0.25) is 0 Å². The average Bonchev–Trinajstić information content (AvgIpc) is 3.04. The molecule has 8 heteroatoms. The van der Waals surface area contributed by atoms with E-state index in [-0.39, 0.29) is 0 Å². The Morgan fingerprint density at radius 2 is 1.92 bits per heavy atom. The van der Waals surface area contributed by atoms with Crippen LogP contribution in [0.25, 0.3) is 0 Å². The molecule has 1 aliphatic rings. The zero-order valence-corrected chi connectivity index (χ0v) is 16.1. The summed E-state index contributed by atoms with van der Waals surface area (Å²) in [5.74, 6) is 1.39. The maximum Gasteiger partial charge on any atom is 0.208 e. The highest BCUT2D eigenvalue weighted by Gasteiger charge is 2.24. The predicted molar refractivity (Wildman–Crippen MR) is 98.8 cm³/mol. The van der Waals surface area contributed by atoms with Gasteiger partial charge in [0.05, 0.1) is 12.4 Å². The normalized spacial score (nSPS) is 17.9. The fourth-order valence-electron chi connectivity index (χ4n) is 3.06. The van der Waals surface area contributed by atoms with Crippen LogP contribution in [0.5, 0.6) is 0 Å². The lowest BCUT2D eigenvalue weighted by Crippen LogP contribution is -2.41. The topological polar surface area (TPSA) is 91.8 Å². The van der Waals surface area contributed by atoms with Gasteiger partial charge in [-0.05, 0) is 39.0 Å². The second kappa shape index (κ2) is 11.7. The minimum atomic E-state index is -3.15. The second-order valence-electron chi connectivity index (χ2n) is 6.18. The summed E-state index contributed by atoms with van der Waals surface area (Å²) in [4.78, 5) is 4.58.